The first-order valence-corrected chi connectivity index (χ1v) is 4.39. The number of aryl methyl sites for hydroxylation is 1. The van der Waals surface area contributed by atoms with Crippen molar-refractivity contribution in [1.82, 2.24) is 9.97 Å². The van der Waals surface area contributed by atoms with Crippen molar-refractivity contribution in [3.8, 4) is 0 Å². The van der Waals surface area contributed by atoms with Gasteiger partial charge in [-0.1, -0.05) is 0 Å². The van der Waals surface area contributed by atoms with Crippen LogP contribution < -0.4 is 0 Å². The number of fused-ring (bicyclic) bond motifs is 2. The Morgan fingerprint density at radius 3 is 2.77 bits per heavy atom. The largest absolute Gasteiger partial charge is 0.361 e. The van der Waals surface area contributed by atoms with E-state index in [0.29, 0.717) is 0 Å². The molecule has 0 saturated heterocycles. The molecule has 0 aliphatic carbocycles. The molecule has 3 rings (SSSR count). The van der Waals surface area contributed by atoms with Gasteiger partial charge >= 0.3 is 0 Å². The second-order valence-corrected chi connectivity index (χ2v) is 3.46. The van der Waals surface area contributed by atoms with Gasteiger partial charge in [-0.05, 0) is 31.2 Å². The van der Waals surface area contributed by atoms with Crippen molar-refractivity contribution >= 4 is 21.8 Å². The molecule has 0 bridgehead atoms. The maximum atomic E-state index is 3.33. The van der Waals surface area contributed by atoms with Crippen LogP contribution in [-0.4, -0.2) is 9.97 Å². The summed E-state index contributed by atoms with van der Waals surface area (Å²) in [7, 11) is 0. The monoisotopic (exact) mass is 170 g/mol. The van der Waals surface area contributed by atoms with Gasteiger partial charge < -0.3 is 9.97 Å². The van der Waals surface area contributed by atoms with Gasteiger partial charge in [0, 0.05) is 33.7 Å². The highest BCUT2D eigenvalue weighted by atomic mass is 14.7. The Labute approximate surface area is 75.6 Å². The number of nitrogens with one attached hydrogen (secondary N) is 2. The normalized spacial score (nSPS) is 11.5. The average Bonchev–Trinajstić information content (AvgIpc) is 2.63. The van der Waals surface area contributed by atoms with Gasteiger partial charge in [-0.3, -0.25) is 0 Å². The number of benzene rings is 1. The van der Waals surface area contributed by atoms with Crippen LogP contribution in [0.25, 0.3) is 21.8 Å². The first kappa shape index (κ1) is 6.78. The topological polar surface area (TPSA) is 31.6 Å². The van der Waals surface area contributed by atoms with Crippen LogP contribution in [0.2, 0.25) is 0 Å². The van der Waals surface area contributed by atoms with Crippen LogP contribution in [0.3, 0.4) is 0 Å². The predicted molar refractivity (Wildman–Crippen MR) is 54.9 cm³/mol. The SMILES string of the molecule is Cc1cc2cc3[nH]ccc3cc2[nH]1. The second-order valence-electron chi connectivity index (χ2n) is 3.46. The summed E-state index contributed by atoms with van der Waals surface area (Å²) in [6.07, 6.45) is 1.97. The van der Waals surface area contributed by atoms with E-state index < -0.39 is 0 Å². The molecule has 0 amide bonds. The van der Waals surface area contributed by atoms with Crippen molar-refractivity contribution in [3.63, 3.8) is 0 Å². The Morgan fingerprint density at radius 1 is 1.00 bits per heavy atom. The molecule has 2 aromatic heterocycles. The van der Waals surface area contributed by atoms with Gasteiger partial charge in [0.15, 0.2) is 0 Å². The van der Waals surface area contributed by atoms with E-state index in [4.69, 9.17) is 0 Å². The van der Waals surface area contributed by atoms with Crippen molar-refractivity contribution in [2.45, 2.75) is 6.92 Å². The van der Waals surface area contributed by atoms with Crippen LogP contribution >= 0.6 is 0 Å². The van der Waals surface area contributed by atoms with E-state index in [-0.39, 0.29) is 0 Å². The number of aromatic amines is 2. The van der Waals surface area contributed by atoms with E-state index in [9.17, 15) is 0 Å². The molecule has 0 spiro atoms. The van der Waals surface area contributed by atoms with Crippen LogP contribution in [0, 0.1) is 6.92 Å². The number of aromatic nitrogens is 2. The van der Waals surface area contributed by atoms with Crippen molar-refractivity contribution in [2.75, 3.05) is 0 Å². The molecule has 13 heavy (non-hydrogen) atoms. The molecule has 0 aliphatic heterocycles. The van der Waals surface area contributed by atoms with Gasteiger partial charge in [0.25, 0.3) is 0 Å². The van der Waals surface area contributed by atoms with E-state index in [0.717, 1.165) is 0 Å². The number of hydrogen-bond donors (Lipinski definition) is 2. The molecule has 0 radical (unpaired) electrons. The molecule has 3 aromatic rings. The Kier molecular flexibility index (Phi) is 1.13. The van der Waals surface area contributed by atoms with Gasteiger partial charge in [-0.2, -0.15) is 0 Å². The lowest BCUT2D eigenvalue weighted by molar-refractivity contribution is 1.30. The third-order valence-corrected chi connectivity index (χ3v) is 2.43. The molecular weight excluding hydrogens is 160 g/mol. The zero-order valence-corrected chi connectivity index (χ0v) is 7.39. The number of rotatable bonds is 0. The molecule has 0 saturated carbocycles. The molecule has 0 unspecified atom stereocenters. The third kappa shape index (κ3) is 0.886. The van der Waals surface area contributed by atoms with Gasteiger partial charge in [-0.15, -0.1) is 0 Å². The number of hydrogen-bond acceptors (Lipinski definition) is 0. The fourth-order valence-electron chi connectivity index (χ4n) is 1.83. The van der Waals surface area contributed by atoms with E-state index in [2.05, 4.69) is 41.2 Å². The second kappa shape index (κ2) is 2.16. The van der Waals surface area contributed by atoms with Crippen molar-refractivity contribution < 1.29 is 0 Å². The Balaban J connectivity index is 2.54. The minimum absolute atomic E-state index is 1.20. The van der Waals surface area contributed by atoms with Crippen LogP contribution in [-0.2, 0) is 0 Å². The highest BCUT2D eigenvalue weighted by molar-refractivity contribution is 5.95. The third-order valence-electron chi connectivity index (χ3n) is 2.43. The van der Waals surface area contributed by atoms with Crippen LogP contribution in [0.1, 0.15) is 5.69 Å². The summed E-state index contributed by atoms with van der Waals surface area (Å²) in [5, 5.41) is 2.53. The lowest BCUT2D eigenvalue weighted by Gasteiger charge is -1.90. The van der Waals surface area contributed by atoms with E-state index in [1.54, 1.807) is 0 Å². The molecule has 2 N–H and O–H groups in total. The molecule has 0 atom stereocenters. The lowest BCUT2D eigenvalue weighted by atomic mass is 10.2. The van der Waals surface area contributed by atoms with Crippen molar-refractivity contribution in [3.05, 3.63) is 36.2 Å². The fraction of sp³-hybridized carbons (Fsp3) is 0.0909. The van der Waals surface area contributed by atoms with Crippen LogP contribution in [0.15, 0.2) is 30.5 Å². The molecule has 0 aliphatic rings. The highest BCUT2D eigenvalue weighted by Gasteiger charge is 2.00. The maximum absolute atomic E-state index is 3.33. The minimum Gasteiger partial charge on any atom is -0.361 e. The van der Waals surface area contributed by atoms with Gasteiger partial charge in [0.1, 0.15) is 0 Å². The summed E-state index contributed by atoms with van der Waals surface area (Å²) in [5.41, 5.74) is 3.62. The van der Waals surface area contributed by atoms with E-state index in [1.165, 1.54) is 27.5 Å². The van der Waals surface area contributed by atoms with Crippen molar-refractivity contribution in [1.29, 1.82) is 0 Å². The standard InChI is InChI=1S/C11H10N2/c1-7-4-9-6-10-8(2-3-12-10)5-11(9)13-7/h2-6,12-13H,1H3. The molecule has 0 fully saturated rings. The zero-order chi connectivity index (χ0) is 8.84. The Morgan fingerprint density at radius 2 is 1.85 bits per heavy atom. The van der Waals surface area contributed by atoms with Gasteiger partial charge in [-0.25, -0.2) is 0 Å². The average molecular weight is 170 g/mol. The zero-order valence-electron chi connectivity index (χ0n) is 7.39. The molecular formula is C11H10N2. The van der Waals surface area contributed by atoms with Crippen LogP contribution in [0.5, 0.6) is 0 Å². The lowest BCUT2D eigenvalue weighted by Crippen LogP contribution is -1.69. The summed E-state index contributed by atoms with van der Waals surface area (Å²) in [4.78, 5) is 6.53. The Bertz CT molecular complexity index is 524. The first-order chi connectivity index (χ1) is 6.33. The van der Waals surface area contributed by atoms with E-state index >= 15 is 0 Å². The quantitative estimate of drug-likeness (QED) is 0.520. The minimum atomic E-state index is 1.20. The van der Waals surface area contributed by atoms with Crippen LogP contribution in [0.4, 0.5) is 0 Å². The molecule has 2 nitrogen and oxygen atoms in total. The smallest absolute Gasteiger partial charge is 0.0463 e. The fourth-order valence-corrected chi connectivity index (χ4v) is 1.83. The van der Waals surface area contributed by atoms with Gasteiger partial charge in [0.2, 0.25) is 0 Å². The molecule has 1 aromatic carbocycles. The molecule has 64 valence electrons. The summed E-state index contributed by atoms with van der Waals surface area (Å²) < 4.78 is 0. The molecule has 2 heteroatoms. The molecule has 2 heterocycles. The first-order valence-electron chi connectivity index (χ1n) is 4.39. The predicted octanol–water partition coefficient (Wildman–Crippen LogP) is 2.96. The summed E-state index contributed by atoms with van der Waals surface area (Å²) in [6, 6.07) is 8.60. The van der Waals surface area contributed by atoms with Crippen molar-refractivity contribution in [2.24, 2.45) is 0 Å². The Hall–Kier alpha value is -1.70. The van der Waals surface area contributed by atoms with Gasteiger partial charge in [0.05, 0.1) is 0 Å². The maximum Gasteiger partial charge on any atom is 0.0463 e. The summed E-state index contributed by atoms with van der Waals surface area (Å²) in [5.74, 6) is 0. The highest BCUT2D eigenvalue weighted by Crippen LogP contribution is 2.21. The van der Waals surface area contributed by atoms with E-state index in [1.807, 2.05) is 6.20 Å². The summed E-state index contributed by atoms with van der Waals surface area (Å²) in [6.45, 7) is 2.08. The summed E-state index contributed by atoms with van der Waals surface area (Å²) >= 11 is 0. The number of H-pyrrole nitrogens is 2.